The summed E-state index contributed by atoms with van der Waals surface area (Å²) in [7, 11) is 1.57. The number of benzene rings is 3. The van der Waals surface area contributed by atoms with Gasteiger partial charge in [-0.15, -0.1) is 0 Å². The van der Waals surface area contributed by atoms with Crippen molar-refractivity contribution in [2.45, 2.75) is 13.5 Å². The molecule has 4 rings (SSSR count). The number of carboxylic acid groups (broad SMARTS) is 1. The Morgan fingerprint density at radius 2 is 1.86 bits per heavy atom. The van der Waals surface area contributed by atoms with Crippen LogP contribution in [-0.2, 0) is 11.4 Å². The molecule has 1 fully saturated rings. The second-order valence-corrected chi connectivity index (χ2v) is 9.58. The first kappa shape index (κ1) is 25.5. The van der Waals surface area contributed by atoms with Gasteiger partial charge < -0.3 is 14.6 Å². The number of amides is 1. The Kier molecular flexibility index (Phi) is 8.12. The Labute approximate surface area is 221 Å². The van der Waals surface area contributed by atoms with Crippen molar-refractivity contribution in [1.29, 1.82) is 0 Å². The molecular formula is C27H23BrN2O5S. The first-order valence-corrected chi connectivity index (χ1v) is 12.7. The number of ether oxygens (including phenoxy) is 2. The molecule has 0 atom stereocenters. The van der Waals surface area contributed by atoms with E-state index in [-0.39, 0.29) is 11.5 Å². The molecule has 3 aromatic rings. The van der Waals surface area contributed by atoms with Crippen LogP contribution in [0, 0.1) is 0 Å². The van der Waals surface area contributed by atoms with E-state index in [1.54, 1.807) is 30.2 Å². The maximum absolute atomic E-state index is 13.1. The van der Waals surface area contributed by atoms with Gasteiger partial charge in [-0.05, 0) is 88.2 Å². The summed E-state index contributed by atoms with van der Waals surface area (Å²) in [5, 5.41) is 9.62. The third-order valence-corrected chi connectivity index (χ3v) is 6.91. The van der Waals surface area contributed by atoms with Gasteiger partial charge in [0.2, 0.25) is 0 Å². The number of rotatable bonds is 8. The summed E-state index contributed by atoms with van der Waals surface area (Å²) < 4.78 is 12.3. The Hall–Kier alpha value is -3.56. The smallest absolute Gasteiger partial charge is 0.335 e. The van der Waals surface area contributed by atoms with Crippen molar-refractivity contribution in [3.05, 3.63) is 92.8 Å². The number of aromatic carboxylic acids is 1. The van der Waals surface area contributed by atoms with Crippen LogP contribution in [0.15, 0.2) is 81.1 Å². The topological polar surface area (TPSA) is 88.4 Å². The lowest BCUT2D eigenvalue weighted by Gasteiger charge is -2.14. The molecule has 1 aliphatic rings. The fourth-order valence-electron chi connectivity index (χ4n) is 3.50. The molecule has 0 saturated carbocycles. The molecule has 184 valence electrons. The number of methoxy groups -OCH3 is 1. The van der Waals surface area contributed by atoms with E-state index in [1.807, 2.05) is 49.4 Å². The zero-order valence-electron chi connectivity index (χ0n) is 19.6. The molecule has 1 aliphatic heterocycles. The van der Waals surface area contributed by atoms with Gasteiger partial charge in [0.05, 0.1) is 27.7 Å². The second kappa shape index (κ2) is 11.5. The molecular weight excluding hydrogens is 544 g/mol. The molecule has 0 radical (unpaired) electrons. The number of nitrogens with zero attached hydrogens (tertiary/aromatic N) is 2. The standard InChI is InChI=1S/C27H23BrN2O5S/c1-3-30-25(31)23(36-27(30)29-20-11-9-19(10-12-20)26(32)33)15-18-13-21(28)24(22(14-18)34-2)35-16-17-7-5-4-6-8-17/h4-15H,3,16H2,1-2H3,(H,32,33)/b23-15-,29-27?. The highest BCUT2D eigenvalue weighted by Crippen LogP contribution is 2.40. The Morgan fingerprint density at radius 3 is 2.50 bits per heavy atom. The number of amidine groups is 1. The molecule has 1 saturated heterocycles. The molecule has 3 aromatic carbocycles. The van der Waals surface area contributed by atoms with Gasteiger partial charge in [-0.3, -0.25) is 9.69 Å². The quantitative estimate of drug-likeness (QED) is 0.319. The van der Waals surface area contributed by atoms with Crippen LogP contribution in [0.2, 0.25) is 0 Å². The number of thioether (sulfide) groups is 1. The number of hydrogen-bond donors (Lipinski definition) is 1. The molecule has 0 unspecified atom stereocenters. The highest BCUT2D eigenvalue weighted by molar-refractivity contribution is 9.10. The molecule has 0 aliphatic carbocycles. The lowest BCUT2D eigenvalue weighted by atomic mass is 10.1. The van der Waals surface area contributed by atoms with Gasteiger partial charge in [0, 0.05) is 6.54 Å². The molecule has 1 heterocycles. The van der Waals surface area contributed by atoms with Crippen LogP contribution < -0.4 is 9.47 Å². The number of hydrogen-bond acceptors (Lipinski definition) is 6. The minimum absolute atomic E-state index is 0.150. The number of likely N-dealkylation sites (N-methyl/N-ethyl adjacent to an activating group) is 1. The van der Waals surface area contributed by atoms with Gasteiger partial charge >= 0.3 is 5.97 Å². The zero-order chi connectivity index (χ0) is 25.7. The van der Waals surface area contributed by atoms with Crippen molar-refractivity contribution in [3.63, 3.8) is 0 Å². The monoisotopic (exact) mass is 566 g/mol. The fourth-order valence-corrected chi connectivity index (χ4v) is 5.14. The summed E-state index contributed by atoms with van der Waals surface area (Å²) in [6.45, 7) is 2.72. The Bertz CT molecular complexity index is 1340. The van der Waals surface area contributed by atoms with Crippen molar-refractivity contribution in [2.75, 3.05) is 13.7 Å². The van der Waals surface area contributed by atoms with Crippen LogP contribution in [0.25, 0.3) is 6.08 Å². The normalized spacial score (nSPS) is 15.5. The lowest BCUT2D eigenvalue weighted by Crippen LogP contribution is -2.28. The zero-order valence-corrected chi connectivity index (χ0v) is 22.0. The second-order valence-electron chi connectivity index (χ2n) is 7.71. The summed E-state index contributed by atoms with van der Waals surface area (Å²) in [4.78, 5) is 30.8. The van der Waals surface area contributed by atoms with Gasteiger partial charge in [0.1, 0.15) is 6.61 Å². The van der Waals surface area contributed by atoms with E-state index in [1.165, 1.54) is 23.9 Å². The van der Waals surface area contributed by atoms with Crippen LogP contribution in [0.4, 0.5) is 5.69 Å². The Balaban J connectivity index is 1.58. The summed E-state index contributed by atoms with van der Waals surface area (Å²) in [5.74, 6) is -0.0282. The van der Waals surface area contributed by atoms with Crippen molar-refractivity contribution in [3.8, 4) is 11.5 Å². The highest BCUT2D eigenvalue weighted by Gasteiger charge is 2.32. The lowest BCUT2D eigenvalue weighted by molar-refractivity contribution is -0.122. The maximum atomic E-state index is 13.1. The third-order valence-electron chi connectivity index (χ3n) is 5.32. The third kappa shape index (κ3) is 5.80. The van der Waals surface area contributed by atoms with Crippen molar-refractivity contribution in [2.24, 2.45) is 4.99 Å². The predicted octanol–water partition coefficient (Wildman–Crippen LogP) is 6.36. The average Bonchev–Trinajstić information content (AvgIpc) is 3.17. The molecule has 1 amide bonds. The maximum Gasteiger partial charge on any atom is 0.335 e. The van der Waals surface area contributed by atoms with E-state index in [9.17, 15) is 9.59 Å². The van der Waals surface area contributed by atoms with E-state index < -0.39 is 5.97 Å². The molecule has 0 bridgehead atoms. The molecule has 7 nitrogen and oxygen atoms in total. The summed E-state index contributed by atoms with van der Waals surface area (Å²) in [5.41, 5.74) is 2.55. The fraction of sp³-hybridized carbons (Fsp3) is 0.148. The minimum atomic E-state index is -1.00. The molecule has 0 aromatic heterocycles. The SMILES string of the molecule is CCN1C(=O)/C(=C/c2cc(Br)c(OCc3ccccc3)c(OC)c2)SC1=Nc1ccc(C(=O)O)cc1. The largest absolute Gasteiger partial charge is 0.493 e. The van der Waals surface area contributed by atoms with E-state index in [0.717, 1.165) is 11.1 Å². The first-order chi connectivity index (χ1) is 17.4. The summed E-state index contributed by atoms with van der Waals surface area (Å²) in [6, 6.07) is 19.8. The molecule has 9 heteroatoms. The first-order valence-electron chi connectivity index (χ1n) is 11.1. The van der Waals surface area contributed by atoms with Crippen LogP contribution in [0.3, 0.4) is 0 Å². The van der Waals surface area contributed by atoms with Crippen molar-refractivity contribution in [1.82, 2.24) is 4.90 Å². The van der Waals surface area contributed by atoms with Gasteiger partial charge in [-0.1, -0.05) is 30.3 Å². The van der Waals surface area contributed by atoms with Gasteiger partial charge in [0.15, 0.2) is 16.7 Å². The highest BCUT2D eigenvalue weighted by atomic mass is 79.9. The van der Waals surface area contributed by atoms with Crippen LogP contribution in [0.1, 0.15) is 28.4 Å². The average molecular weight is 567 g/mol. The number of aliphatic imine (C=N–C) groups is 1. The van der Waals surface area contributed by atoms with Gasteiger partial charge in [0.25, 0.3) is 5.91 Å². The molecule has 0 spiro atoms. The minimum Gasteiger partial charge on any atom is -0.493 e. The molecule has 1 N–H and O–H groups in total. The van der Waals surface area contributed by atoms with Crippen molar-refractivity contribution < 1.29 is 24.2 Å². The Morgan fingerprint density at radius 1 is 1.14 bits per heavy atom. The van der Waals surface area contributed by atoms with E-state index in [2.05, 4.69) is 20.9 Å². The number of halogens is 1. The van der Waals surface area contributed by atoms with E-state index >= 15 is 0 Å². The molecule has 36 heavy (non-hydrogen) atoms. The van der Waals surface area contributed by atoms with Crippen LogP contribution in [0.5, 0.6) is 11.5 Å². The predicted molar refractivity (Wildman–Crippen MR) is 145 cm³/mol. The van der Waals surface area contributed by atoms with E-state index in [0.29, 0.717) is 44.9 Å². The summed E-state index contributed by atoms with van der Waals surface area (Å²) >= 11 is 4.84. The van der Waals surface area contributed by atoms with Gasteiger partial charge in [-0.25, -0.2) is 9.79 Å². The van der Waals surface area contributed by atoms with E-state index in [4.69, 9.17) is 14.6 Å². The number of carbonyl (C=O) groups excluding carboxylic acids is 1. The number of carbonyl (C=O) groups is 2. The van der Waals surface area contributed by atoms with Gasteiger partial charge in [-0.2, -0.15) is 0 Å². The van der Waals surface area contributed by atoms with Crippen LogP contribution >= 0.6 is 27.7 Å². The van der Waals surface area contributed by atoms with Crippen molar-refractivity contribution >= 4 is 56.5 Å². The summed E-state index contributed by atoms with van der Waals surface area (Å²) in [6.07, 6.45) is 1.79. The van der Waals surface area contributed by atoms with Crippen LogP contribution in [-0.4, -0.2) is 40.7 Å². The number of carboxylic acids is 1.